The van der Waals surface area contributed by atoms with Gasteiger partial charge in [-0.05, 0) is 48.9 Å². The van der Waals surface area contributed by atoms with Gasteiger partial charge in [0.2, 0.25) is 0 Å². The molecule has 6 nitrogen and oxygen atoms in total. The van der Waals surface area contributed by atoms with Crippen molar-refractivity contribution >= 4 is 35.1 Å². The molecule has 2 aromatic carbocycles. The van der Waals surface area contributed by atoms with Crippen molar-refractivity contribution in [3.05, 3.63) is 64.2 Å². The first-order valence-corrected chi connectivity index (χ1v) is 8.91. The molecule has 142 valence electrons. The van der Waals surface area contributed by atoms with Crippen LogP contribution in [0.2, 0.25) is 5.02 Å². The highest BCUT2D eigenvalue weighted by atomic mass is 35.5. The molecule has 2 amide bonds. The number of amides is 2. The molecule has 27 heavy (non-hydrogen) atoms. The molecule has 0 fully saturated rings. The Hall–Kier alpha value is -2.86. The van der Waals surface area contributed by atoms with Gasteiger partial charge in [0.25, 0.3) is 11.8 Å². The molecule has 0 aliphatic heterocycles. The lowest BCUT2D eigenvalue weighted by Crippen LogP contribution is -2.24. The third-order valence-corrected chi connectivity index (χ3v) is 4.19. The molecule has 7 heteroatoms. The van der Waals surface area contributed by atoms with E-state index in [1.807, 2.05) is 6.92 Å². The zero-order chi connectivity index (χ0) is 19.8. The number of esters is 1. The molecule has 0 aliphatic carbocycles. The molecule has 0 atom stereocenters. The van der Waals surface area contributed by atoms with Crippen molar-refractivity contribution in [1.29, 1.82) is 0 Å². The quantitative estimate of drug-likeness (QED) is 0.556. The summed E-state index contributed by atoms with van der Waals surface area (Å²) in [7, 11) is 1.27. The Morgan fingerprint density at radius 1 is 0.963 bits per heavy atom. The van der Waals surface area contributed by atoms with Crippen LogP contribution in [-0.2, 0) is 4.74 Å². The first kappa shape index (κ1) is 20.5. The molecule has 0 aromatic heterocycles. The van der Waals surface area contributed by atoms with Gasteiger partial charge >= 0.3 is 5.97 Å². The van der Waals surface area contributed by atoms with Crippen LogP contribution in [0.3, 0.4) is 0 Å². The summed E-state index contributed by atoms with van der Waals surface area (Å²) in [5.41, 5.74) is 1.41. The smallest absolute Gasteiger partial charge is 0.337 e. The standard InChI is InChI=1S/C20H21ClN2O4/c1-3-4-11-22-18(24)13-5-7-14(8-6-13)19(25)23-17-12-15(20(26)27-2)9-10-16(17)21/h5-10,12H,3-4,11H2,1-2H3,(H,22,24)(H,23,25). The van der Waals surface area contributed by atoms with E-state index < -0.39 is 11.9 Å². The van der Waals surface area contributed by atoms with E-state index >= 15 is 0 Å². The molecule has 2 aromatic rings. The third-order valence-electron chi connectivity index (χ3n) is 3.86. The van der Waals surface area contributed by atoms with Crippen molar-refractivity contribution < 1.29 is 19.1 Å². The molecule has 0 saturated carbocycles. The number of hydrogen-bond acceptors (Lipinski definition) is 4. The van der Waals surface area contributed by atoms with E-state index in [1.165, 1.54) is 25.3 Å². The van der Waals surface area contributed by atoms with E-state index in [0.717, 1.165) is 12.8 Å². The topological polar surface area (TPSA) is 84.5 Å². The van der Waals surface area contributed by atoms with E-state index in [9.17, 15) is 14.4 Å². The number of unbranched alkanes of at least 4 members (excludes halogenated alkanes) is 1. The summed E-state index contributed by atoms with van der Waals surface area (Å²) in [6.07, 6.45) is 1.91. The first-order chi connectivity index (χ1) is 13.0. The van der Waals surface area contributed by atoms with Gasteiger partial charge in [-0.1, -0.05) is 24.9 Å². The van der Waals surface area contributed by atoms with Crippen LogP contribution in [0.25, 0.3) is 0 Å². The van der Waals surface area contributed by atoms with Gasteiger partial charge in [-0.25, -0.2) is 4.79 Å². The number of anilines is 1. The van der Waals surface area contributed by atoms with E-state index in [1.54, 1.807) is 24.3 Å². The van der Waals surface area contributed by atoms with Gasteiger partial charge in [-0.2, -0.15) is 0 Å². The third kappa shape index (κ3) is 5.56. The molecule has 2 N–H and O–H groups in total. The Morgan fingerprint density at radius 2 is 1.56 bits per heavy atom. The fourth-order valence-electron chi connectivity index (χ4n) is 2.31. The van der Waals surface area contributed by atoms with Crippen molar-refractivity contribution in [2.24, 2.45) is 0 Å². The maximum absolute atomic E-state index is 12.4. The van der Waals surface area contributed by atoms with Crippen molar-refractivity contribution in [1.82, 2.24) is 5.32 Å². The largest absolute Gasteiger partial charge is 0.465 e. The number of ether oxygens (including phenoxy) is 1. The number of carbonyl (C=O) groups is 3. The maximum Gasteiger partial charge on any atom is 0.337 e. The lowest BCUT2D eigenvalue weighted by Gasteiger charge is -2.10. The van der Waals surface area contributed by atoms with Gasteiger partial charge in [0.15, 0.2) is 0 Å². The second kappa shape index (κ2) is 9.73. The normalized spacial score (nSPS) is 10.2. The molecule has 0 radical (unpaired) electrons. The summed E-state index contributed by atoms with van der Waals surface area (Å²) in [6, 6.07) is 10.8. The predicted octanol–water partition coefficient (Wildman–Crippen LogP) is 3.91. The first-order valence-electron chi connectivity index (χ1n) is 8.53. The Kier molecular flexibility index (Phi) is 7.37. The van der Waals surface area contributed by atoms with Crippen molar-refractivity contribution in [2.45, 2.75) is 19.8 Å². The monoisotopic (exact) mass is 388 g/mol. The average molecular weight is 389 g/mol. The van der Waals surface area contributed by atoms with Crippen molar-refractivity contribution in [2.75, 3.05) is 19.0 Å². The minimum absolute atomic E-state index is 0.177. The van der Waals surface area contributed by atoms with Crippen LogP contribution in [0.5, 0.6) is 0 Å². The van der Waals surface area contributed by atoms with Gasteiger partial charge < -0.3 is 15.4 Å². The Morgan fingerprint density at radius 3 is 2.15 bits per heavy atom. The Labute approximate surface area is 162 Å². The number of hydrogen-bond donors (Lipinski definition) is 2. The molecule has 0 bridgehead atoms. The molecule has 0 spiro atoms. The summed E-state index contributed by atoms with van der Waals surface area (Å²) in [5, 5.41) is 5.77. The highest BCUT2D eigenvalue weighted by Gasteiger charge is 2.13. The van der Waals surface area contributed by atoms with Gasteiger partial charge in [0, 0.05) is 17.7 Å². The van der Waals surface area contributed by atoms with Gasteiger partial charge in [-0.15, -0.1) is 0 Å². The number of benzene rings is 2. The molecule has 2 rings (SSSR count). The van der Waals surface area contributed by atoms with Crippen molar-refractivity contribution in [3.8, 4) is 0 Å². The second-order valence-electron chi connectivity index (χ2n) is 5.83. The molecule has 0 saturated heterocycles. The van der Waals surface area contributed by atoms with Gasteiger partial charge in [-0.3, -0.25) is 9.59 Å². The number of halogens is 1. The molecular formula is C20H21ClN2O4. The minimum Gasteiger partial charge on any atom is -0.465 e. The van der Waals surface area contributed by atoms with Crippen LogP contribution in [0.1, 0.15) is 50.8 Å². The number of methoxy groups -OCH3 is 1. The van der Waals surface area contributed by atoms with Crippen LogP contribution in [0, 0.1) is 0 Å². The number of nitrogens with one attached hydrogen (secondary N) is 2. The zero-order valence-corrected chi connectivity index (χ0v) is 15.9. The average Bonchev–Trinajstić information content (AvgIpc) is 2.69. The fraction of sp³-hybridized carbons (Fsp3) is 0.250. The second-order valence-corrected chi connectivity index (χ2v) is 6.23. The SMILES string of the molecule is CCCCNC(=O)c1ccc(C(=O)Nc2cc(C(=O)OC)ccc2Cl)cc1. The molecule has 0 heterocycles. The Bertz CT molecular complexity index is 834. The Balaban J connectivity index is 2.08. The summed E-state index contributed by atoms with van der Waals surface area (Å²) in [4.78, 5) is 36.0. The van der Waals surface area contributed by atoms with Gasteiger partial charge in [0.05, 0.1) is 23.4 Å². The lowest BCUT2D eigenvalue weighted by molar-refractivity contribution is 0.0600. The minimum atomic E-state index is -0.527. The summed E-state index contributed by atoms with van der Waals surface area (Å²) >= 11 is 6.08. The summed E-state index contributed by atoms with van der Waals surface area (Å²) in [6.45, 7) is 2.67. The zero-order valence-electron chi connectivity index (χ0n) is 15.2. The number of carbonyl (C=O) groups excluding carboxylic acids is 3. The highest BCUT2D eigenvalue weighted by molar-refractivity contribution is 6.34. The van der Waals surface area contributed by atoms with E-state index in [0.29, 0.717) is 28.4 Å². The summed E-state index contributed by atoms with van der Waals surface area (Å²) < 4.78 is 4.66. The summed E-state index contributed by atoms with van der Waals surface area (Å²) in [5.74, 6) is -1.11. The van der Waals surface area contributed by atoms with Crippen molar-refractivity contribution in [3.63, 3.8) is 0 Å². The van der Waals surface area contributed by atoms with Crippen LogP contribution < -0.4 is 10.6 Å². The molecule has 0 unspecified atom stereocenters. The molecular weight excluding hydrogens is 368 g/mol. The van der Waals surface area contributed by atoms with Crippen LogP contribution in [-0.4, -0.2) is 31.4 Å². The fourth-order valence-corrected chi connectivity index (χ4v) is 2.48. The highest BCUT2D eigenvalue weighted by Crippen LogP contribution is 2.24. The van der Waals surface area contributed by atoms with E-state index in [4.69, 9.17) is 11.6 Å². The molecule has 0 aliphatic rings. The van der Waals surface area contributed by atoms with E-state index in [2.05, 4.69) is 15.4 Å². The number of rotatable bonds is 7. The predicted molar refractivity (Wildman–Crippen MR) is 104 cm³/mol. The maximum atomic E-state index is 12.4. The lowest BCUT2D eigenvalue weighted by atomic mass is 10.1. The van der Waals surface area contributed by atoms with Crippen LogP contribution >= 0.6 is 11.6 Å². The van der Waals surface area contributed by atoms with Gasteiger partial charge in [0.1, 0.15) is 0 Å². The van der Waals surface area contributed by atoms with Crippen LogP contribution in [0.15, 0.2) is 42.5 Å². The van der Waals surface area contributed by atoms with E-state index in [-0.39, 0.29) is 11.5 Å². The van der Waals surface area contributed by atoms with Crippen LogP contribution in [0.4, 0.5) is 5.69 Å².